The Hall–Kier alpha value is -1.36. The SMILES string of the molecule is Fc1cccc(Cl)c1C=NNc1c(Cl)cncc1Cl. The second-order valence-corrected chi connectivity index (χ2v) is 4.71. The Bertz CT molecular complexity index is 591. The molecule has 2 rings (SSSR count). The van der Waals surface area contributed by atoms with E-state index in [0.717, 1.165) is 0 Å². The zero-order valence-electron chi connectivity index (χ0n) is 9.37. The molecule has 0 aliphatic carbocycles. The number of halogens is 4. The number of anilines is 1. The standard InChI is InChI=1S/C12H7Cl3FN3/c13-8-2-1-3-11(16)7(8)4-18-19-12-9(14)5-17-6-10(12)15/h1-6H,(H,17,19). The number of hydrogen-bond acceptors (Lipinski definition) is 3. The summed E-state index contributed by atoms with van der Waals surface area (Å²) in [5.74, 6) is -0.468. The molecule has 0 atom stereocenters. The molecular formula is C12H7Cl3FN3. The first-order chi connectivity index (χ1) is 9.09. The molecule has 0 radical (unpaired) electrons. The minimum atomic E-state index is -0.468. The Kier molecular flexibility index (Phi) is 4.58. The second kappa shape index (κ2) is 6.19. The molecule has 0 fully saturated rings. The molecule has 0 amide bonds. The Labute approximate surface area is 124 Å². The summed E-state index contributed by atoms with van der Waals surface area (Å²) in [6.07, 6.45) is 4.09. The summed E-state index contributed by atoms with van der Waals surface area (Å²) in [6, 6.07) is 4.37. The first kappa shape index (κ1) is 14.1. The molecule has 1 aromatic carbocycles. The summed E-state index contributed by atoms with van der Waals surface area (Å²) in [7, 11) is 0. The van der Waals surface area contributed by atoms with Gasteiger partial charge in [0.1, 0.15) is 5.82 Å². The van der Waals surface area contributed by atoms with E-state index in [2.05, 4.69) is 15.5 Å². The van der Waals surface area contributed by atoms with Crippen LogP contribution in [-0.4, -0.2) is 11.2 Å². The van der Waals surface area contributed by atoms with E-state index in [1.807, 2.05) is 0 Å². The predicted molar refractivity (Wildman–Crippen MR) is 76.9 cm³/mol. The van der Waals surface area contributed by atoms with Crippen LogP contribution < -0.4 is 5.43 Å². The molecule has 1 N–H and O–H groups in total. The van der Waals surface area contributed by atoms with Gasteiger partial charge in [0, 0.05) is 18.0 Å². The molecule has 19 heavy (non-hydrogen) atoms. The van der Waals surface area contributed by atoms with E-state index in [0.29, 0.717) is 15.7 Å². The third-order valence-corrected chi connectivity index (χ3v) is 3.13. The van der Waals surface area contributed by atoms with E-state index in [9.17, 15) is 4.39 Å². The van der Waals surface area contributed by atoms with Crippen molar-refractivity contribution in [2.45, 2.75) is 0 Å². The third kappa shape index (κ3) is 3.35. The van der Waals surface area contributed by atoms with Crippen molar-refractivity contribution in [1.29, 1.82) is 0 Å². The van der Waals surface area contributed by atoms with Gasteiger partial charge < -0.3 is 0 Å². The van der Waals surface area contributed by atoms with Gasteiger partial charge in [0.05, 0.1) is 27.0 Å². The van der Waals surface area contributed by atoms with Crippen LogP contribution in [0.3, 0.4) is 0 Å². The molecule has 0 aliphatic heterocycles. The lowest BCUT2D eigenvalue weighted by atomic mass is 10.2. The zero-order valence-corrected chi connectivity index (χ0v) is 11.6. The van der Waals surface area contributed by atoms with E-state index < -0.39 is 5.82 Å². The highest BCUT2D eigenvalue weighted by Gasteiger charge is 2.06. The molecule has 1 aromatic heterocycles. The maximum Gasteiger partial charge on any atom is 0.133 e. The first-order valence-electron chi connectivity index (χ1n) is 5.11. The fourth-order valence-electron chi connectivity index (χ4n) is 1.31. The van der Waals surface area contributed by atoms with Gasteiger partial charge in [-0.2, -0.15) is 5.10 Å². The molecule has 0 spiro atoms. The van der Waals surface area contributed by atoms with E-state index >= 15 is 0 Å². The lowest BCUT2D eigenvalue weighted by Crippen LogP contribution is -1.95. The molecule has 0 bridgehead atoms. The highest BCUT2D eigenvalue weighted by Crippen LogP contribution is 2.28. The van der Waals surface area contributed by atoms with Gasteiger partial charge >= 0.3 is 0 Å². The van der Waals surface area contributed by atoms with Crippen molar-refractivity contribution in [3.63, 3.8) is 0 Å². The average Bonchev–Trinajstić information content (AvgIpc) is 2.36. The van der Waals surface area contributed by atoms with Crippen LogP contribution in [0.4, 0.5) is 10.1 Å². The van der Waals surface area contributed by atoms with Crippen LogP contribution in [0.25, 0.3) is 0 Å². The second-order valence-electron chi connectivity index (χ2n) is 3.48. The lowest BCUT2D eigenvalue weighted by Gasteiger charge is -2.05. The molecule has 3 nitrogen and oxygen atoms in total. The van der Waals surface area contributed by atoms with Gasteiger partial charge in [-0.3, -0.25) is 10.4 Å². The van der Waals surface area contributed by atoms with Gasteiger partial charge in [0.15, 0.2) is 0 Å². The van der Waals surface area contributed by atoms with Crippen LogP contribution in [0, 0.1) is 5.82 Å². The summed E-state index contributed by atoms with van der Waals surface area (Å²) in [5, 5.41) is 4.74. The zero-order chi connectivity index (χ0) is 13.8. The fraction of sp³-hybridized carbons (Fsp3) is 0. The number of benzene rings is 1. The first-order valence-corrected chi connectivity index (χ1v) is 6.25. The number of hydrazone groups is 1. The number of pyridine rings is 1. The Morgan fingerprint density at radius 3 is 2.42 bits per heavy atom. The van der Waals surface area contributed by atoms with Crippen LogP contribution >= 0.6 is 34.8 Å². The van der Waals surface area contributed by atoms with Crippen LogP contribution in [0.15, 0.2) is 35.7 Å². The van der Waals surface area contributed by atoms with Crippen molar-refractivity contribution in [3.05, 3.63) is 57.0 Å². The van der Waals surface area contributed by atoms with Gasteiger partial charge in [-0.1, -0.05) is 40.9 Å². The number of nitrogens with zero attached hydrogens (tertiary/aromatic N) is 2. The highest BCUT2D eigenvalue weighted by molar-refractivity contribution is 6.38. The summed E-state index contributed by atoms with van der Waals surface area (Å²) in [6.45, 7) is 0. The molecule has 0 saturated carbocycles. The smallest absolute Gasteiger partial charge is 0.133 e. The van der Waals surface area contributed by atoms with Crippen molar-refractivity contribution < 1.29 is 4.39 Å². The summed E-state index contributed by atoms with van der Waals surface area (Å²) >= 11 is 17.6. The van der Waals surface area contributed by atoms with Crippen LogP contribution in [0.2, 0.25) is 15.1 Å². The van der Waals surface area contributed by atoms with Crippen molar-refractivity contribution in [2.75, 3.05) is 5.43 Å². The van der Waals surface area contributed by atoms with Crippen LogP contribution in [0.1, 0.15) is 5.56 Å². The van der Waals surface area contributed by atoms with Gasteiger partial charge in [-0.05, 0) is 12.1 Å². The minimum absolute atomic E-state index is 0.179. The Balaban J connectivity index is 2.21. The average molecular weight is 319 g/mol. The Morgan fingerprint density at radius 2 is 1.79 bits per heavy atom. The maximum atomic E-state index is 13.5. The van der Waals surface area contributed by atoms with Crippen molar-refractivity contribution in [2.24, 2.45) is 5.10 Å². The van der Waals surface area contributed by atoms with Crippen molar-refractivity contribution in [1.82, 2.24) is 4.98 Å². The third-order valence-electron chi connectivity index (χ3n) is 2.22. The number of rotatable bonds is 3. The number of aromatic nitrogens is 1. The summed E-state index contributed by atoms with van der Waals surface area (Å²) < 4.78 is 13.5. The van der Waals surface area contributed by atoms with Crippen molar-refractivity contribution in [3.8, 4) is 0 Å². The molecule has 7 heteroatoms. The van der Waals surface area contributed by atoms with E-state index in [4.69, 9.17) is 34.8 Å². The summed E-state index contributed by atoms with van der Waals surface area (Å²) in [5.41, 5.74) is 3.19. The highest BCUT2D eigenvalue weighted by atomic mass is 35.5. The van der Waals surface area contributed by atoms with Gasteiger partial charge in [-0.25, -0.2) is 4.39 Å². The number of nitrogens with one attached hydrogen (secondary N) is 1. The quantitative estimate of drug-likeness (QED) is 0.662. The molecule has 1 heterocycles. The van der Waals surface area contributed by atoms with Gasteiger partial charge in [-0.15, -0.1) is 0 Å². The van der Waals surface area contributed by atoms with Gasteiger partial charge in [0.2, 0.25) is 0 Å². The summed E-state index contributed by atoms with van der Waals surface area (Å²) in [4.78, 5) is 3.80. The predicted octanol–water partition coefficient (Wildman–Crippen LogP) is 4.63. The molecule has 0 saturated heterocycles. The molecular weight excluding hydrogens is 312 g/mol. The minimum Gasteiger partial charge on any atom is -0.275 e. The topological polar surface area (TPSA) is 37.3 Å². The van der Waals surface area contributed by atoms with E-state index in [1.54, 1.807) is 6.07 Å². The normalized spacial score (nSPS) is 10.9. The lowest BCUT2D eigenvalue weighted by molar-refractivity contribution is 0.626. The van der Waals surface area contributed by atoms with E-state index in [-0.39, 0.29) is 10.6 Å². The van der Waals surface area contributed by atoms with Crippen molar-refractivity contribution >= 4 is 46.7 Å². The Morgan fingerprint density at radius 1 is 1.11 bits per heavy atom. The molecule has 98 valence electrons. The molecule has 2 aromatic rings. The maximum absolute atomic E-state index is 13.5. The molecule has 0 aliphatic rings. The fourth-order valence-corrected chi connectivity index (χ4v) is 1.97. The monoisotopic (exact) mass is 317 g/mol. The van der Waals surface area contributed by atoms with E-state index in [1.165, 1.54) is 30.7 Å². The van der Waals surface area contributed by atoms with Crippen LogP contribution in [0.5, 0.6) is 0 Å². The number of hydrogen-bond donors (Lipinski definition) is 1. The molecule has 0 unspecified atom stereocenters. The largest absolute Gasteiger partial charge is 0.275 e. The van der Waals surface area contributed by atoms with Gasteiger partial charge in [0.25, 0.3) is 0 Å². The van der Waals surface area contributed by atoms with Crippen LogP contribution in [-0.2, 0) is 0 Å².